The zero-order valence-electron chi connectivity index (χ0n) is 22.2. The zero-order valence-corrected chi connectivity index (χ0v) is 23.0. The summed E-state index contributed by atoms with van der Waals surface area (Å²) in [6.07, 6.45) is -0.127. The Bertz CT molecular complexity index is 1400. The molecule has 40 heavy (non-hydrogen) atoms. The number of carbonyl (C=O) groups is 3. The van der Waals surface area contributed by atoms with E-state index in [4.69, 9.17) is 9.26 Å². The molecule has 212 valence electrons. The maximum absolute atomic E-state index is 13.4. The fourth-order valence-electron chi connectivity index (χ4n) is 4.39. The van der Waals surface area contributed by atoms with Crippen molar-refractivity contribution < 1.29 is 32.1 Å². The van der Waals surface area contributed by atoms with Crippen LogP contribution >= 0.6 is 0 Å². The van der Waals surface area contributed by atoms with Gasteiger partial charge in [0.05, 0.1) is 36.7 Å². The van der Waals surface area contributed by atoms with Gasteiger partial charge in [0.2, 0.25) is 23.4 Å². The van der Waals surface area contributed by atoms with Gasteiger partial charge in [-0.1, -0.05) is 72.7 Å². The monoisotopic (exact) mass is 568 g/mol. The number of morpholine rings is 1. The number of rotatable bonds is 12. The Hall–Kier alpha value is -3.90. The molecule has 2 amide bonds. The summed E-state index contributed by atoms with van der Waals surface area (Å²) >= 11 is 0. The second-order valence-electron chi connectivity index (χ2n) is 9.56. The van der Waals surface area contributed by atoms with Crippen LogP contribution in [-0.2, 0) is 29.9 Å². The normalized spacial score (nSPS) is 15.3. The van der Waals surface area contributed by atoms with Crippen molar-refractivity contribution in [3.8, 4) is 11.4 Å². The van der Waals surface area contributed by atoms with Crippen molar-refractivity contribution >= 4 is 27.4 Å². The Morgan fingerprint density at radius 2 is 1.65 bits per heavy atom. The van der Waals surface area contributed by atoms with Crippen molar-refractivity contribution in [2.24, 2.45) is 5.92 Å². The molecule has 0 aliphatic carbocycles. The number of carbonyl (C=O) groups excluding carboxylic acids is 3. The number of aromatic nitrogens is 2. The third kappa shape index (κ3) is 7.82. The van der Waals surface area contributed by atoms with Crippen LogP contribution in [0.25, 0.3) is 11.4 Å². The van der Waals surface area contributed by atoms with E-state index in [0.29, 0.717) is 37.4 Å². The summed E-state index contributed by atoms with van der Waals surface area (Å²) in [5.74, 6) is -3.72. The number of nitrogens with zero attached hydrogens (tertiary/aromatic N) is 3. The lowest BCUT2D eigenvalue weighted by Crippen LogP contribution is -2.47. The molecule has 2 atom stereocenters. The lowest BCUT2D eigenvalue weighted by molar-refractivity contribution is -0.139. The van der Waals surface area contributed by atoms with Crippen LogP contribution < -0.4 is 5.32 Å². The number of ether oxygens (including phenoxy) is 1. The molecule has 2 heterocycles. The standard InChI is InChI=1S/C28H32N4O7S/c1-2-23(25(34)28-30-26(31-39-28)21-11-7-4-8-12-21)29-27(35)22(17-24(33)32-13-15-38-16-14-32)19-40(36,37)18-20-9-5-3-6-10-20/h3-12,22-23H,2,13-19H2,1H3,(H,29,35)/t22-,23?/m0/s1. The average Bonchev–Trinajstić information content (AvgIpc) is 3.47. The molecular weight excluding hydrogens is 536 g/mol. The third-order valence-corrected chi connectivity index (χ3v) is 8.23. The number of Topliss-reactive ketones (excluding diaryl/α,β-unsaturated/α-hetero) is 1. The minimum atomic E-state index is -3.78. The molecule has 1 unspecified atom stereocenters. The highest BCUT2D eigenvalue weighted by atomic mass is 32.2. The van der Waals surface area contributed by atoms with Gasteiger partial charge in [0.1, 0.15) is 0 Å². The predicted octanol–water partition coefficient (Wildman–Crippen LogP) is 2.29. The van der Waals surface area contributed by atoms with Crippen LogP contribution in [0, 0.1) is 5.92 Å². The van der Waals surface area contributed by atoms with Gasteiger partial charge in [-0.3, -0.25) is 14.4 Å². The number of ketones is 1. The molecule has 1 aliphatic rings. The molecule has 1 aromatic heterocycles. The highest BCUT2D eigenvalue weighted by Gasteiger charge is 2.33. The summed E-state index contributed by atoms with van der Waals surface area (Å²) in [6, 6.07) is 16.5. The first-order chi connectivity index (χ1) is 19.3. The van der Waals surface area contributed by atoms with Crippen LogP contribution in [0.5, 0.6) is 0 Å². The van der Waals surface area contributed by atoms with E-state index >= 15 is 0 Å². The molecular formula is C28H32N4O7S. The van der Waals surface area contributed by atoms with Crippen LogP contribution in [0.1, 0.15) is 36.0 Å². The molecule has 2 aromatic carbocycles. The number of nitrogens with one attached hydrogen (secondary N) is 1. The molecule has 0 saturated carbocycles. The van der Waals surface area contributed by atoms with Crippen molar-refractivity contribution in [2.75, 3.05) is 32.1 Å². The van der Waals surface area contributed by atoms with Gasteiger partial charge < -0.3 is 19.5 Å². The number of hydrogen-bond donors (Lipinski definition) is 1. The SMILES string of the molecule is CCC(NC(=O)[C@@H](CC(=O)N1CCOCC1)CS(=O)(=O)Cc1ccccc1)C(=O)c1nc(-c2ccccc2)no1. The van der Waals surface area contributed by atoms with Crippen molar-refractivity contribution in [3.05, 3.63) is 72.1 Å². The van der Waals surface area contributed by atoms with Crippen LogP contribution in [-0.4, -0.2) is 79.2 Å². The summed E-state index contributed by atoms with van der Waals surface area (Å²) in [7, 11) is -3.78. The summed E-state index contributed by atoms with van der Waals surface area (Å²) < 4.78 is 36.6. The molecule has 1 aliphatic heterocycles. The first-order valence-electron chi connectivity index (χ1n) is 13.1. The molecule has 0 bridgehead atoms. The minimum Gasteiger partial charge on any atom is -0.378 e. The van der Waals surface area contributed by atoms with E-state index < -0.39 is 39.2 Å². The Morgan fingerprint density at radius 1 is 1.00 bits per heavy atom. The fourth-order valence-corrected chi connectivity index (χ4v) is 6.09. The highest BCUT2D eigenvalue weighted by Crippen LogP contribution is 2.18. The summed E-state index contributed by atoms with van der Waals surface area (Å²) in [4.78, 5) is 45.3. The van der Waals surface area contributed by atoms with Crippen molar-refractivity contribution in [3.63, 3.8) is 0 Å². The lowest BCUT2D eigenvalue weighted by atomic mass is 10.0. The van der Waals surface area contributed by atoms with Gasteiger partial charge in [0, 0.05) is 25.1 Å². The van der Waals surface area contributed by atoms with Gasteiger partial charge in [0.25, 0.3) is 5.89 Å². The molecule has 3 aromatic rings. The maximum atomic E-state index is 13.4. The quantitative estimate of drug-likeness (QED) is 0.325. The Labute approximate surface area is 232 Å². The Morgan fingerprint density at radius 3 is 2.30 bits per heavy atom. The molecule has 4 rings (SSSR count). The number of amides is 2. The van der Waals surface area contributed by atoms with E-state index in [1.165, 1.54) is 0 Å². The lowest BCUT2D eigenvalue weighted by Gasteiger charge is -2.28. The topological polar surface area (TPSA) is 149 Å². The molecule has 1 N–H and O–H groups in total. The molecule has 1 fully saturated rings. The largest absolute Gasteiger partial charge is 0.378 e. The minimum absolute atomic E-state index is 0.189. The maximum Gasteiger partial charge on any atom is 0.296 e. The van der Waals surface area contributed by atoms with E-state index in [1.54, 1.807) is 66.4 Å². The summed E-state index contributed by atoms with van der Waals surface area (Å²) in [5.41, 5.74) is 1.24. The second-order valence-corrected chi connectivity index (χ2v) is 11.7. The number of benzene rings is 2. The van der Waals surface area contributed by atoms with E-state index in [0.717, 1.165) is 0 Å². The summed E-state index contributed by atoms with van der Waals surface area (Å²) in [5, 5.41) is 6.49. The Balaban J connectivity index is 1.49. The predicted molar refractivity (Wildman–Crippen MR) is 146 cm³/mol. The van der Waals surface area contributed by atoms with E-state index in [9.17, 15) is 22.8 Å². The number of hydrogen-bond acceptors (Lipinski definition) is 9. The molecule has 12 heteroatoms. The molecule has 1 saturated heterocycles. The smallest absolute Gasteiger partial charge is 0.296 e. The third-order valence-electron chi connectivity index (χ3n) is 6.55. The zero-order chi connectivity index (χ0) is 28.5. The number of sulfone groups is 1. The van der Waals surface area contributed by atoms with Crippen LogP contribution in [0.15, 0.2) is 65.2 Å². The Kier molecular flexibility index (Phi) is 9.78. The van der Waals surface area contributed by atoms with Crippen LogP contribution in [0.4, 0.5) is 0 Å². The van der Waals surface area contributed by atoms with Crippen molar-refractivity contribution in [1.82, 2.24) is 20.4 Å². The van der Waals surface area contributed by atoms with Crippen molar-refractivity contribution in [2.45, 2.75) is 31.6 Å². The van der Waals surface area contributed by atoms with E-state index in [1.807, 2.05) is 6.07 Å². The van der Waals surface area contributed by atoms with Crippen molar-refractivity contribution in [1.29, 1.82) is 0 Å². The average molecular weight is 569 g/mol. The van der Waals surface area contributed by atoms with E-state index in [2.05, 4.69) is 15.5 Å². The van der Waals surface area contributed by atoms with Gasteiger partial charge in [-0.05, 0) is 12.0 Å². The van der Waals surface area contributed by atoms with Gasteiger partial charge in [-0.15, -0.1) is 0 Å². The molecule has 11 nitrogen and oxygen atoms in total. The molecule has 0 spiro atoms. The van der Waals surface area contributed by atoms with Gasteiger partial charge in [-0.25, -0.2) is 8.42 Å². The van der Waals surface area contributed by atoms with Gasteiger partial charge in [-0.2, -0.15) is 4.98 Å². The second kappa shape index (κ2) is 13.4. The molecule has 0 radical (unpaired) electrons. The summed E-state index contributed by atoms with van der Waals surface area (Å²) in [6.45, 7) is 3.16. The first-order valence-corrected chi connectivity index (χ1v) is 14.9. The van der Waals surface area contributed by atoms with E-state index in [-0.39, 0.29) is 36.2 Å². The van der Waals surface area contributed by atoms with Crippen LogP contribution in [0.2, 0.25) is 0 Å². The van der Waals surface area contributed by atoms with Gasteiger partial charge in [0.15, 0.2) is 9.84 Å². The highest BCUT2D eigenvalue weighted by molar-refractivity contribution is 7.90. The van der Waals surface area contributed by atoms with Gasteiger partial charge >= 0.3 is 0 Å². The fraction of sp³-hybridized carbons (Fsp3) is 0.393. The first kappa shape index (κ1) is 29.1. The van der Waals surface area contributed by atoms with Crippen LogP contribution in [0.3, 0.4) is 0 Å².